The molecule has 1 N–H and O–H groups in total. The van der Waals surface area contributed by atoms with Crippen molar-refractivity contribution in [2.45, 2.75) is 38.7 Å². The van der Waals surface area contributed by atoms with Gasteiger partial charge in [-0.15, -0.1) is 5.10 Å². The fourth-order valence-electron chi connectivity index (χ4n) is 3.28. The number of carbonyl (C=O) groups excluding carboxylic acids is 1. The summed E-state index contributed by atoms with van der Waals surface area (Å²) in [6, 6.07) is 0.522. The van der Waals surface area contributed by atoms with Crippen LogP contribution in [0.2, 0.25) is 0 Å². The molecule has 0 spiro atoms. The highest BCUT2D eigenvalue weighted by Gasteiger charge is 2.46. The van der Waals surface area contributed by atoms with Gasteiger partial charge in [0.2, 0.25) is 11.8 Å². The van der Waals surface area contributed by atoms with Gasteiger partial charge in [-0.05, 0) is 12.8 Å². The van der Waals surface area contributed by atoms with Gasteiger partial charge in [0.25, 0.3) is 0 Å². The van der Waals surface area contributed by atoms with Crippen LogP contribution in [0.1, 0.15) is 32.6 Å². The Balaban J connectivity index is 1.73. The van der Waals surface area contributed by atoms with E-state index < -0.39 is 5.60 Å². The summed E-state index contributed by atoms with van der Waals surface area (Å²) >= 11 is 0. The molecule has 116 valence electrons. The van der Waals surface area contributed by atoms with Crippen LogP contribution in [0.3, 0.4) is 0 Å². The third-order valence-corrected chi connectivity index (χ3v) is 4.75. The van der Waals surface area contributed by atoms with E-state index in [0.717, 1.165) is 0 Å². The zero-order chi connectivity index (χ0) is 15.0. The fraction of sp³-hybridized carbons (Fsp3) is 0.786. The molecule has 1 aromatic rings. The molecule has 2 atom stereocenters. The standard InChI is InChI=1S/C14H22N4O3/c1-3-12-15-16-13(21-12)18-7-5-14(20)4-6-17(10(2)19)8-11(14)9-18/h11,20H,3-9H2,1-2H3/t11-,14-/m1/s1. The lowest BCUT2D eigenvalue weighted by Gasteiger charge is -2.49. The largest absolute Gasteiger partial charge is 0.408 e. The van der Waals surface area contributed by atoms with E-state index in [-0.39, 0.29) is 11.8 Å². The molecule has 21 heavy (non-hydrogen) atoms. The predicted octanol–water partition coefficient (Wildman–Crippen LogP) is 0.442. The summed E-state index contributed by atoms with van der Waals surface area (Å²) in [4.78, 5) is 15.4. The zero-order valence-electron chi connectivity index (χ0n) is 12.6. The van der Waals surface area contributed by atoms with E-state index in [1.807, 2.05) is 16.7 Å². The fourth-order valence-corrected chi connectivity index (χ4v) is 3.28. The molecule has 0 radical (unpaired) electrons. The number of piperidine rings is 2. The zero-order valence-corrected chi connectivity index (χ0v) is 12.6. The number of rotatable bonds is 2. The number of aryl methyl sites for hydroxylation is 1. The van der Waals surface area contributed by atoms with Crippen LogP contribution in [0.5, 0.6) is 0 Å². The van der Waals surface area contributed by atoms with Crippen molar-refractivity contribution < 1.29 is 14.3 Å². The average Bonchev–Trinajstić information content (AvgIpc) is 2.94. The van der Waals surface area contributed by atoms with Crippen molar-refractivity contribution in [3.63, 3.8) is 0 Å². The summed E-state index contributed by atoms with van der Waals surface area (Å²) in [6.45, 7) is 6.14. The van der Waals surface area contributed by atoms with E-state index in [2.05, 4.69) is 10.2 Å². The first kappa shape index (κ1) is 14.3. The van der Waals surface area contributed by atoms with Crippen molar-refractivity contribution >= 4 is 11.9 Å². The molecule has 7 heteroatoms. The molecular formula is C14H22N4O3. The van der Waals surface area contributed by atoms with Crippen molar-refractivity contribution in [3.05, 3.63) is 5.89 Å². The van der Waals surface area contributed by atoms with E-state index in [1.54, 1.807) is 6.92 Å². The molecule has 0 aromatic carbocycles. The lowest BCUT2D eigenvalue weighted by molar-refractivity contribution is -0.139. The molecule has 0 aliphatic carbocycles. The van der Waals surface area contributed by atoms with Gasteiger partial charge in [-0.2, -0.15) is 0 Å². The van der Waals surface area contributed by atoms with Crippen LogP contribution in [-0.2, 0) is 11.2 Å². The number of amides is 1. The molecule has 3 heterocycles. The normalized spacial score (nSPS) is 29.4. The highest BCUT2D eigenvalue weighted by Crippen LogP contribution is 2.36. The van der Waals surface area contributed by atoms with Gasteiger partial charge in [-0.1, -0.05) is 12.0 Å². The highest BCUT2D eigenvalue weighted by molar-refractivity contribution is 5.73. The molecule has 0 bridgehead atoms. The molecule has 2 fully saturated rings. The Bertz CT molecular complexity index is 532. The Morgan fingerprint density at radius 1 is 1.38 bits per heavy atom. The maximum absolute atomic E-state index is 11.6. The number of fused-ring (bicyclic) bond motifs is 1. The third-order valence-electron chi connectivity index (χ3n) is 4.75. The van der Waals surface area contributed by atoms with Crippen LogP contribution in [0.15, 0.2) is 4.42 Å². The Hall–Kier alpha value is -1.63. The molecule has 2 aliphatic heterocycles. The summed E-state index contributed by atoms with van der Waals surface area (Å²) < 4.78 is 5.60. The molecule has 0 unspecified atom stereocenters. The van der Waals surface area contributed by atoms with Crippen LogP contribution in [0.25, 0.3) is 0 Å². The van der Waals surface area contributed by atoms with Gasteiger partial charge >= 0.3 is 6.01 Å². The second-order valence-corrected chi connectivity index (χ2v) is 6.04. The molecule has 2 saturated heterocycles. The predicted molar refractivity (Wildman–Crippen MR) is 75.8 cm³/mol. The summed E-state index contributed by atoms with van der Waals surface area (Å²) in [6.07, 6.45) is 2.04. The SMILES string of the molecule is CCc1nnc(N2CC[C@]3(O)CCN(C(C)=O)C[C@@H]3C2)o1. The van der Waals surface area contributed by atoms with E-state index >= 15 is 0 Å². The topological polar surface area (TPSA) is 82.7 Å². The first-order chi connectivity index (χ1) is 10.0. The van der Waals surface area contributed by atoms with Crippen molar-refractivity contribution in [1.29, 1.82) is 0 Å². The average molecular weight is 294 g/mol. The third kappa shape index (κ3) is 2.62. The van der Waals surface area contributed by atoms with Crippen molar-refractivity contribution in [3.8, 4) is 0 Å². The number of aromatic nitrogens is 2. The number of aliphatic hydroxyl groups is 1. The number of carbonyl (C=O) groups is 1. The van der Waals surface area contributed by atoms with Crippen LogP contribution in [0, 0.1) is 5.92 Å². The minimum Gasteiger partial charge on any atom is -0.408 e. The van der Waals surface area contributed by atoms with E-state index in [4.69, 9.17) is 4.42 Å². The first-order valence-corrected chi connectivity index (χ1v) is 7.57. The van der Waals surface area contributed by atoms with E-state index in [9.17, 15) is 9.90 Å². The number of hydrogen-bond acceptors (Lipinski definition) is 6. The quantitative estimate of drug-likeness (QED) is 0.852. The smallest absolute Gasteiger partial charge is 0.318 e. The Kier molecular flexibility index (Phi) is 3.61. The van der Waals surface area contributed by atoms with E-state index in [0.29, 0.717) is 57.3 Å². The van der Waals surface area contributed by atoms with Gasteiger partial charge in [0.05, 0.1) is 5.60 Å². The number of likely N-dealkylation sites (tertiary alicyclic amines) is 1. The monoisotopic (exact) mass is 294 g/mol. The lowest BCUT2D eigenvalue weighted by atomic mass is 9.76. The van der Waals surface area contributed by atoms with Crippen LogP contribution in [-0.4, -0.2) is 57.9 Å². The van der Waals surface area contributed by atoms with E-state index in [1.165, 1.54) is 0 Å². The lowest BCUT2D eigenvalue weighted by Crippen LogP contribution is -2.60. The van der Waals surface area contributed by atoms with Crippen LogP contribution in [0.4, 0.5) is 6.01 Å². The molecule has 7 nitrogen and oxygen atoms in total. The Morgan fingerprint density at radius 3 is 2.81 bits per heavy atom. The number of hydrogen-bond donors (Lipinski definition) is 1. The summed E-state index contributed by atoms with van der Waals surface area (Å²) in [5, 5.41) is 18.8. The van der Waals surface area contributed by atoms with Gasteiger partial charge in [-0.3, -0.25) is 4.79 Å². The Morgan fingerprint density at radius 2 is 2.14 bits per heavy atom. The second-order valence-electron chi connectivity index (χ2n) is 6.04. The molecule has 2 aliphatic rings. The molecule has 0 saturated carbocycles. The maximum atomic E-state index is 11.6. The van der Waals surface area contributed by atoms with Crippen LogP contribution < -0.4 is 4.90 Å². The summed E-state index contributed by atoms with van der Waals surface area (Å²) in [7, 11) is 0. The summed E-state index contributed by atoms with van der Waals surface area (Å²) in [5.74, 6) is 0.723. The maximum Gasteiger partial charge on any atom is 0.318 e. The van der Waals surface area contributed by atoms with Gasteiger partial charge < -0.3 is 19.3 Å². The van der Waals surface area contributed by atoms with Gasteiger partial charge in [-0.25, -0.2) is 0 Å². The minimum absolute atomic E-state index is 0.0286. The molecule has 1 aromatic heterocycles. The second kappa shape index (κ2) is 5.29. The van der Waals surface area contributed by atoms with Gasteiger partial charge in [0.15, 0.2) is 0 Å². The van der Waals surface area contributed by atoms with Crippen molar-refractivity contribution in [2.24, 2.45) is 5.92 Å². The van der Waals surface area contributed by atoms with Gasteiger partial charge in [0.1, 0.15) is 0 Å². The van der Waals surface area contributed by atoms with Crippen molar-refractivity contribution in [2.75, 3.05) is 31.1 Å². The molecular weight excluding hydrogens is 272 g/mol. The van der Waals surface area contributed by atoms with Gasteiger partial charge in [0, 0.05) is 45.4 Å². The number of nitrogens with zero attached hydrogens (tertiary/aromatic N) is 4. The van der Waals surface area contributed by atoms with Crippen LogP contribution >= 0.6 is 0 Å². The highest BCUT2D eigenvalue weighted by atomic mass is 16.4. The molecule has 3 rings (SSSR count). The minimum atomic E-state index is -0.671. The summed E-state index contributed by atoms with van der Waals surface area (Å²) in [5.41, 5.74) is -0.671. The Labute approximate surface area is 123 Å². The van der Waals surface area contributed by atoms with Crippen molar-refractivity contribution in [1.82, 2.24) is 15.1 Å². The first-order valence-electron chi connectivity index (χ1n) is 7.57. The molecule has 1 amide bonds. The number of anilines is 1.